The number of hydrogen-bond donors (Lipinski definition) is 2. The number of carbonyl (C=O) groups is 2. The van der Waals surface area contributed by atoms with Gasteiger partial charge in [-0.15, -0.1) is 0 Å². The number of benzene rings is 3. The zero-order valence-corrected chi connectivity index (χ0v) is 14.1. The first-order valence-electron chi connectivity index (χ1n) is 7.96. The number of carbonyl (C=O) groups excluding carboxylic acids is 2. The molecule has 0 bridgehead atoms. The molecule has 2 amide bonds. The van der Waals surface area contributed by atoms with E-state index in [9.17, 15) is 27.2 Å². The highest BCUT2D eigenvalue weighted by atomic mass is 19.2. The smallest absolute Gasteiger partial charge is 0.255 e. The van der Waals surface area contributed by atoms with E-state index in [0.717, 1.165) is 24.3 Å². The molecule has 3 aromatic carbocycles. The highest BCUT2D eigenvalue weighted by molar-refractivity contribution is 6.07. The number of rotatable bonds is 4. The molecule has 28 heavy (non-hydrogen) atoms. The highest BCUT2D eigenvalue weighted by Gasteiger charge is 2.12. The number of amides is 2. The largest absolute Gasteiger partial charge is 0.322 e. The molecule has 3 aromatic rings. The average Bonchev–Trinajstić information content (AvgIpc) is 2.67. The summed E-state index contributed by atoms with van der Waals surface area (Å²) in [6.07, 6.45) is 0. The van der Waals surface area contributed by atoms with Gasteiger partial charge in [-0.25, -0.2) is 17.6 Å². The second-order valence-electron chi connectivity index (χ2n) is 5.74. The summed E-state index contributed by atoms with van der Waals surface area (Å²) >= 11 is 0. The molecule has 0 atom stereocenters. The summed E-state index contributed by atoms with van der Waals surface area (Å²) in [5, 5.41) is 4.69. The SMILES string of the molecule is O=C(Nc1ccc(F)c(F)c1)c1ccc(C(=O)Nc2ccc(F)cc2F)cc1. The van der Waals surface area contributed by atoms with E-state index in [-0.39, 0.29) is 22.5 Å². The van der Waals surface area contributed by atoms with E-state index in [4.69, 9.17) is 0 Å². The summed E-state index contributed by atoms with van der Waals surface area (Å²) < 4.78 is 52.6. The van der Waals surface area contributed by atoms with Gasteiger partial charge in [-0.1, -0.05) is 0 Å². The minimum absolute atomic E-state index is 0.0671. The summed E-state index contributed by atoms with van der Waals surface area (Å²) in [7, 11) is 0. The van der Waals surface area contributed by atoms with Gasteiger partial charge < -0.3 is 10.6 Å². The van der Waals surface area contributed by atoms with Crippen LogP contribution in [-0.4, -0.2) is 11.8 Å². The lowest BCUT2D eigenvalue weighted by molar-refractivity contribution is 0.101. The van der Waals surface area contributed by atoms with Crippen LogP contribution < -0.4 is 10.6 Å². The number of hydrogen-bond acceptors (Lipinski definition) is 2. The molecular weight excluding hydrogens is 376 g/mol. The Hall–Kier alpha value is -3.68. The lowest BCUT2D eigenvalue weighted by atomic mass is 10.1. The first-order valence-corrected chi connectivity index (χ1v) is 7.96. The molecule has 0 radical (unpaired) electrons. The summed E-state index contributed by atoms with van der Waals surface area (Å²) in [4.78, 5) is 24.3. The fraction of sp³-hybridized carbons (Fsp3) is 0. The van der Waals surface area contributed by atoms with Crippen molar-refractivity contribution < 1.29 is 27.2 Å². The van der Waals surface area contributed by atoms with Crippen LogP contribution in [0.15, 0.2) is 60.7 Å². The average molecular weight is 388 g/mol. The monoisotopic (exact) mass is 388 g/mol. The van der Waals surface area contributed by atoms with Gasteiger partial charge in [0.1, 0.15) is 11.6 Å². The first-order chi connectivity index (χ1) is 13.3. The van der Waals surface area contributed by atoms with Crippen LogP contribution in [0.25, 0.3) is 0 Å². The predicted molar refractivity (Wildman–Crippen MR) is 95.1 cm³/mol. The standard InChI is InChI=1S/C20H12F4N2O2/c21-13-5-8-18(17(24)9-13)26-20(28)12-3-1-11(2-4-12)19(27)25-14-6-7-15(22)16(23)10-14/h1-10H,(H,25,27)(H,26,28). The highest BCUT2D eigenvalue weighted by Crippen LogP contribution is 2.17. The van der Waals surface area contributed by atoms with Crippen molar-refractivity contribution >= 4 is 23.2 Å². The van der Waals surface area contributed by atoms with E-state index in [2.05, 4.69) is 10.6 Å². The van der Waals surface area contributed by atoms with Crippen molar-refractivity contribution in [2.24, 2.45) is 0 Å². The Morgan fingerprint density at radius 1 is 0.607 bits per heavy atom. The van der Waals surface area contributed by atoms with Gasteiger partial charge in [0.2, 0.25) is 0 Å². The molecule has 0 aliphatic carbocycles. The van der Waals surface area contributed by atoms with E-state index >= 15 is 0 Å². The maximum absolute atomic E-state index is 13.6. The van der Waals surface area contributed by atoms with Gasteiger partial charge in [-0.3, -0.25) is 9.59 Å². The van der Waals surface area contributed by atoms with Crippen LogP contribution in [0.1, 0.15) is 20.7 Å². The topological polar surface area (TPSA) is 58.2 Å². The van der Waals surface area contributed by atoms with Gasteiger partial charge in [-0.2, -0.15) is 0 Å². The van der Waals surface area contributed by atoms with Crippen LogP contribution in [0.3, 0.4) is 0 Å². The fourth-order valence-corrected chi connectivity index (χ4v) is 2.34. The third-order valence-electron chi connectivity index (χ3n) is 3.77. The van der Waals surface area contributed by atoms with E-state index in [1.54, 1.807) is 0 Å². The van der Waals surface area contributed by atoms with Crippen molar-refractivity contribution in [2.75, 3.05) is 10.6 Å². The van der Waals surface area contributed by atoms with Crippen LogP contribution in [-0.2, 0) is 0 Å². The van der Waals surface area contributed by atoms with Crippen molar-refractivity contribution in [3.8, 4) is 0 Å². The van der Waals surface area contributed by atoms with Crippen molar-refractivity contribution in [1.29, 1.82) is 0 Å². The molecule has 0 aliphatic heterocycles. The quantitative estimate of drug-likeness (QED) is 0.634. The summed E-state index contributed by atoms with van der Waals surface area (Å²) in [6, 6.07) is 11.0. The maximum Gasteiger partial charge on any atom is 0.255 e. The molecule has 3 rings (SSSR count). The molecule has 0 saturated carbocycles. The molecule has 0 unspecified atom stereocenters. The van der Waals surface area contributed by atoms with Gasteiger partial charge in [-0.05, 0) is 48.5 Å². The summed E-state index contributed by atoms with van der Waals surface area (Å²) in [5.41, 5.74) is 0.173. The predicted octanol–water partition coefficient (Wildman–Crippen LogP) is 4.75. The number of halogens is 4. The maximum atomic E-state index is 13.6. The molecular formula is C20H12F4N2O2. The Bertz CT molecular complexity index is 1050. The lowest BCUT2D eigenvalue weighted by Crippen LogP contribution is -2.15. The van der Waals surface area contributed by atoms with Crippen molar-refractivity contribution in [3.05, 3.63) is 95.1 Å². The van der Waals surface area contributed by atoms with Crippen LogP contribution in [0.5, 0.6) is 0 Å². The Kier molecular flexibility index (Phi) is 5.39. The Morgan fingerprint density at radius 3 is 1.79 bits per heavy atom. The molecule has 0 saturated heterocycles. The van der Waals surface area contributed by atoms with Gasteiger partial charge in [0.15, 0.2) is 11.6 Å². The second-order valence-corrected chi connectivity index (χ2v) is 5.74. The second kappa shape index (κ2) is 7.91. The van der Waals surface area contributed by atoms with Crippen molar-refractivity contribution in [3.63, 3.8) is 0 Å². The molecule has 0 heterocycles. The van der Waals surface area contributed by atoms with Crippen LogP contribution in [0, 0.1) is 23.3 Å². The van der Waals surface area contributed by atoms with Crippen LogP contribution in [0.4, 0.5) is 28.9 Å². The molecule has 0 spiro atoms. The molecule has 0 fully saturated rings. The molecule has 8 heteroatoms. The van der Waals surface area contributed by atoms with E-state index in [1.807, 2.05) is 0 Å². The van der Waals surface area contributed by atoms with Gasteiger partial charge >= 0.3 is 0 Å². The number of anilines is 2. The Labute approximate surface area is 156 Å². The molecule has 142 valence electrons. The normalized spacial score (nSPS) is 10.4. The van der Waals surface area contributed by atoms with Gasteiger partial charge in [0, 0.05) is 28.9 Å². The summed E-state index contributed by atoms with van der Waals surface area (Å²) in [6.45, 7) is 0. The van der Waals surface area contributed by atoms with E-state index < -0.39 is 35.1 Å². The first kappa shape index (κ1) is 19.1. The molecule has 4 nitrogen and oxygen atoms in total. The third kappa shape index (κ3) is 4.35. The van der Waals surface area contributed by atoms with E-state index in [0.29, 0.717) is 6.07 Å². The van der Waals surface area contributed by atoms with Crippen LogP contribution in [0.2, 0.25) is 0 Å². The number of nitrogens with one attached hydrogen (secondary N) is 2. The van der Waals surface area contributed by atoms with E-state index in [1.165, 1.54) is 30.3 Å². The fourth-order valence-electron chi connectivity index (χ4n) is 2.34. The summed E-state index contributed by atoms with van der Waals surface area (Å²) in [5.74, 6) is -5.08. The Morgan fingerprint density at radius 2 is 1.21 bits per heavy atom. The van der Waals surface area contributed by atoms with Gasteiger partial charge in [0.05, 0.1) is 5.69 Å². The molecule has 0 aromatic heterocycles. The zero-order valence-electron chi connectivity index (χ0n) is 14.1. The lowest BCUT2D eigenvalue weighted by Gasteiger charge is -2.08. The van der Waals surface area contributed by atoms with Crippen molar-refractivity contribution in [1.82, 2.24) is 0 Å². The minimum atomic E-state index is -1.10. The molecule has 2 N–H and O–H groups in total. The van der Waals surface area contributed by atoms with Crippen molar-refractivity contribution in [2.45, 2.75) is 0 Å². The molecule has 0 aliphatic rings. The van der Waals surface area contributed by atoms with Gasteiger partial charge in [0.25, 0.3) is 11.8 Å². The zero-order chi connectivity index (χ0) is 20.3. The minimum Gasteiger partial charge on any atom is -0.322 e. The Balaban J connectivity index is 1.69. The van der Waals surface area contributed by atoms with Crippen LogP contribution >= 0.6 is 0 Å². The third-order valence-corrected chi connectivity index (χ3v) is 3.77.